The fraction of sp³-hybridized carbons (Fsp3) is 0.588. The van der Waals surface area contributed by atoms with Crippen LogP contribution in [0.1, 0.15) is 38.7 Å². The Bertz CT molecular complexity index is 455. The number of benzene rings is 1. The second kappa shape index (κ2) is 8.55. The van der Waals surface area contributed by atoms with E-state index in [9.17, 15) is 0 Å². The third-order valence-corrected chi connectivity index (χ3v) is 3.39. The summed E-state index contributed by atoms with van der Waals surface area (Å²) < 4.78 is 5.66. The quantitative estimate of drug-likeness (QED) is 0.571. The minimum absolute atomic E-state index is 0.670. The number of nitrogens with zero attached hydrogens (tertiary/aromatic N) is 1. The Kier molecular flexibility index (Phi) is 6.38. The van der Waals surface area contributed by atoms with Gasteiger partial charge in [-0.1, -0.05) is 19.1 Å². The molecule has 116 valence electrons. The van der Waals surface area contributed by atoms with E-state index >= 15 is 0 Å². The van der Waals surface area contributed by atoms with Gasteiger partial charge in [-0.3, -0.25) is 0 Å². The lowest BCUT2D eigenvalue weighted by molar-refractivity contribution is 0.317. The minimum atomic E-state index is 0.670. The zero-order valence-corrected chi connectivity index (χ0v) is 13.2. The van der Waals surface area contributed by atoms with Crippen LogP contribution in [0.4, 0.5) is 0 Å². The molecule has 21 heavy (non-hydrogen) atoms. The molecule has 4 heteroatoms. The first kappa shape index (κ1) is 15.7. The fourth-order valence-corrected chi connectivity index (χ4v) is 2.03. The molecule has 0 heterocycles. The van der Waals surface area contributed by atoms with Gasteiger partial charge in [-0.05, 0) is 49.8 Å². The molecule has 0 aliphatic heterocycles. The smallest absolute Gasteiger partial charge is 0.191 e. The van der Waals surface area contributed by atoms with E-state index in [0.717, 1.165) is 43.7 Å². The number of aliphatic imine (C=N–C) groups is 1. The van der Waals surface area contributed by atoms with Crippen molar-refractivity contribution in [3.05, 3.63) is 29.8 Å². The lowest BCUT2D eigenvalue weighted by Gasteiger charge is -2.11. The van der Waals surface area contributed by atoms with Gasteiger partial charge in [0.2, 0.25) is 0 Å². The van der Waals surface area contributed by atoms with Crippen molar-refractivity contribution in [1.29, 1.82) is 0 Å². The van der Waals surface area contributed by atoms with Gasteiger partial charge in [0.15, 0.2) is 5.96 Å². The third kappa shape index (κ3) is 6.06. The Morgan fingerprint density at radius 2 is 2.14 bits per heavy atom. The second-order valence-electron chi connectivity index (χ2n) is 5.52. The summed E-state index contributed by atoms with van der Waals surface area (Å²) in [6, 6.07) is 8.19. The highest BCUT2D eigenvalue weighted by Crippen LogP contribution is 2.27. The maximum atomic E-state index is 5.66. The van der Waals surface area contributed by atoms with Gasteiger partial charge in [-0.15, -0.1) is 0 Å². The molecule has 1 fully saturated rings. The third-order valence-electron chi connectivity index (χ3n) is 3.39. The topological polar surface area (TPSA) is 45.6 Å². The summed E-state index contributed by atoms with van der Waals surface area (Å²) in [5, 5.41) is 6.70. The van der Waals surface area contributed by atoms with Crippen LogP contribution in [0.2, 0.25) is 0 Å². The Labute approximate surface area is 128 Å². The van der Waals surface area contributed by atoms with Gasteiger partial charge >= 0.3 is 0 Å². The maximum Gasteiger partial charge on any atom is 0.191 e. The van der Waals surface area contributed by atoms with E-state index in [2.05, 4.69) is 41.6 Å². The van der Waals surface area contributed by atoms with Crippen LogP contribution in [0.25, 0.3) is 0 Å². The van der Waals surface area contributed by atoms with Gasteiger partial charge in [0.1, 0.15) is 5.75 Å². The van der Waals surface area contributed by atoms with Crippen molar-refractivity contribution >= 4 is 5.96 Å². The summed E-state index contributed by atoms with van der Waals surface area (Å²) >= 11 is 0. The molecule has 0 radical (unpaired) electrons. The van der Waals surface area contributed by atoms with Gasteiger partial charge in [0, 0.05) is 13.1 Å². The SMILES string of the molecule is CCCOc1cccc(CN=C(NCC)NCC2CC2)c1. The lowest BCUT2D eigenvalue weighted by Crippen LogP contribution is -2.38. The van der Waals surface area contributed by atoms with Crippen LogP contribution < -0.4 is 15.4 Å². The number of hydrogen-bond acceptors (Lipinski definition) is 2. The van der Waals surface area contributed by atoms with Crippen LogP contribution in [0.5, 0.6) is 5.75 Å². The second-order valence-corrected chi connectivity index (χ2v) is 5.52. The van der Waals surface area contributed by atoms with Crippen molar-refractivity contribution in [2.24, 2.45) is 10.9 Å². The monoisotopic (exact) mass is 289 g/mol. The van der Waals surface area contributed by atoms with Crippen LogP contribution in [-0.2, 0) is 6.54 Å². The molecule has 2 N–H and O–H groups in total. The van der Waals surface area contributed by atoms with E-state index in [0.29, 0.717) is 6.54 Å². The van der Waals surface area contributed by atoms with Gasteiger partial charge in [-0.25, -0.2) is 4.99 Å². The molecule has 0 bridgehead atoms. The summed E-state index contributed by atoms with van der Waals surface area (Å²) in [6.07, 6.45) is 3.73. The van der Waals surface area contributed by atoms with Crippen molar-refractivity contribution in [3.63, 3.8) is 0 Å². The van der Waals surface area contributed by atoms with Gasteiger partial charge in [-0.2, -0.15) is 0 Å². The van der Waals surface area contributed by atoms with Crippen LogP contribution in [0, 0.1) is 5.92 Å². The van der Waals surface area contributed by atoms with E-state index in [1.54, 1.807) is 0 Å². The molecular weight excluding hydrogens is 262 g/mol. The molecule has 1 aliphatic rings. The normalized spacial score (nSPS) is 14.9. The predicted octanol–water partition coefficient (Wildman–Crippen LogP) is 2.94. The summed E-state index contributed by atoms with van der Waals surface area (Å²) in [5.74, 6) is 2.68. The largest absolute Gasteiger partial charge is 0.494 e. The number of nitrogens with one attached hydrogen (secondary N) is 2. The van der Waals surface area contributed by atoms with Crippen LogP contribution in [-0.4, -0.2) is 25.7 Å². The minimum Gasteiger partial charge on any atom is -0.494 e. The Morgan fingerprint density at radius 3 is 2.86 bits per heavy atom. The van der Waals surface area contributed by atoms with Crippen molar-refractivity contribution in [3.8, 4) is 5.75 Å². The molecule has 1 saturated carbocycles. The Morgan fingerprint density at radius 1 is 1.29 bits per heavy atom. The molecule has 0 amide bonds. The lowest BCUT2D eigenvalue weighted by atomic mass is 10.2. The fourth-order valence-electron chi connectivity index (χ4n) is 2.03. The number of ether oxygens (including phenoxy) is 1. The first-order chi connectivity index (χ1) is 10.3. The highest BCUT2D eigenvalue weighted by molar-refractivity contribution is 5.79. The van der Waals surface area contributed by atoms with Crippen molar-refractivity contribution in [1.82, 2.24) is 10.6 Å². The molecule has 0 spiro atoms. The number of guanidine groups is 1. The van der Waals surface area contributed by atoms with Crippen molar-refractivity contribution in [2.75, 3.05) is 19.7 Å². The molecular formula is C17H27N3O. The average molecular weight is 289 g/mol. The summed E-state index contributed by atoms with van der Waals surface area (Å²) in [6.45, 7) is 7.55. The van der Waals surface area contributed by atoms with E-state index in [-0.39, 0.29) is 0 Å². The molecule has 1 aromatic carbocycles. The highest BCUT2D eigenvalue weighted by Gasteiger charge is 2.20. The van der Waals surface area contributed by atoms with Gasteiger partial charge < -0.3 is 15.4 Å². The first-order valence-corrected chi connectivity index (χ1v) is 8.05. The zero-order valence-electron chi connectivity index (χ0n) is 13.2. The molecule has 4 nitrogen and oxygen atoms in total. The summed E-state index contributed by atoms with van der Waals surface area (Å²) in [5.41, 5.74) is 1.17. The number of hydrogen-bond donors (Lipinski definition) is 2. The molecule has 0 saturated heterocycles. The molecule has 1 aliphatic carbocycles. The van der Waals surface area contributed by atoms with Crippen molar-refractivity contribution in [2.45, 2.75) is 39.7 Å². The summed E-state index contributed by atoms with van der Waals surface area (Å²) in [4.78, 5) is 4.64. The van der Waals surface area contributed by atoms with E-state index in [1.165, 1.54) is 18.4 Å². The maximum absolute atomic E-state index is 5.66. The van der Waals surface area contributed by atoms with Crippen LogP contribution in [0.15, 0.2) is 29.3 Å². The first-order valence-electron chi connectivity index (χ1n) is 8.05. The van der Waals surface area contributed by atoms with Gasteiger partial charge in [0.05, 0.1) is 13.2 Å². The zero-order chi connectivity index (χ0) is 14.9. The standard InChI is InChI=1S/C17H27N3O/c1-3-10-21-16-7-5-6-15(11-16)13-20-17(18-4-2)19-12-14-8-9-14/h5-7,11,14H,3-4,8-10,12-13H2,1-2H3,(H2,18,19,20). The Balaban J connectivity index is 1.88. The number of rotatable bonds is 8. The van der Waals surface area contributed by atoms with E-state index in [1.807, 2.05) is 12.1 Å². The van der Waals surface area contributed by atoms with E-state index in [4.69, 9.17) is 4.74 Å². The molecule has 0 atom stereocenters. The van der Waals surface area contributed by atoms with Gasteiger partial charge in [0.25, 0.3) is 0 Å². The summed E-state index contributed by atoms with van der Waals surface area (Å²) in [7, 11) is 0. The van der Waals surface area contributed by atoms with Crippen LogP contribution >= 0.6 is 0 Å². The molecule has 2 rings (SSSR count). The molecule has 0 aromatic heterocycles. The van der Waals surface area contributed by atoms with Crippen LogP contribution in [0.3, 0.4) is 0 Å². The predicted molar refractivity (Wildman–Crippen MR) is 87.8 cm³/mol. The molecule has 0 unspecified atom stereocenters. The highest BCUT2D eigenvalue weighted by atomic mass is 16.5. The molecule has 1 aromatic rings. The van der Waals surface area contributed by atoms with Crippen molar-refractivity contribution < 1.29 is 4.74 Å². The van der Waals surface area contributed by atoms with E-state index < -0.39 is 0 Å². The Hall–Kier alpha value is -1.71. The average Bonchev–Trinajstić information content (AvgIpc) is 3.33.